The summed E-state index contributed by atoms with van der Waals surface area (Å²) in [5.74, 6) is 0.674. The summed E-state index contributed by atoms with van der Waals surface area (Å²) in [4.78, 5) is 29.1. The Hall–Kier alpha value is -2.58. The van der Waals surface area contributed by atoms with Gasteiger partial charge in [-0.15, -0.1) is 0 Å². The topological polar surface area (TPSA) is 64.6 Å². The fourth-order valence-electron chi connectivity index (χ4n) is 5.69. The number of amides is 1. The van der Waals surface area contributed by atoms with Gasteiger partial charge in [0.05, 0.1) is 11.9 Å². The van der Waals surface area contributed by atoms with Crippen LogP contribution in [0.4, 0.5) is 10.2 Å². The molecule has 0 unspecified atom stereocenters. The molecule has 1 saturated carbocycles. The largest absolute Gasteiger partial charge is 0.352 e. The van der Waals surface area contributed by atoms with E-state index < -0.39 is 0 Å². The van der Waals surface area contributed by atoms with E-state index >= 15 is 0 Å². The van der Waals surface area contributed by atoms with Crippen LogP contribution in [0.1, 0.15) is 66.3 Å². The molecule has 0 radical (unpaired) electrons. The number of likely N-dealkylation sites (tertiary alicyclic amines) is 1. The van der Waals surface area contributed by atoms with E-state index in [9.17, 15) is 9.18 Å². The van der Waals surface area contributed by atoms with Gasteiger partial charge in [-0.2, -0.15) is 0 Å². The molecule has 1 amide bonds. The van der Waals surface area contributed by atoms with Crippen LogP contribution in [0.3, 0.4) is 0 Å². The van der Waals surface area contributed by atoms with Gasteiger partial charge in [0.2, 0.25) is 0 Å². The minimum Gasteiger partial charge on any atom is -0.352 e. The molecule has 1 aromatic carbocycles. The summed E-state index contributed by atoms with van der Waals surface area (Å²) in [6.45, 7) is 11.8. The van der Waals surface area contributed by atoms with Gasteiger partial charge in [-0.3, -0.25) is 14.6 Å². The van der Waals surface area contributed by atoms with E-state index in [4.69, 9.17) is 0 Å². The second-order valence-electron chi connectivity index (χ2n) is 10.7. The summed E-state index contributed by atoms with van der Waals surface area (Å²) in [5, 5.41) is 2.99. The van der Waals surface area contributed by atoms with E-state index in [0.29, 0.717) is 29.4 Å². The maximum absolute atomic E-state index is 13.9. The molecule has 1 atom stereocenters. The minimum atomic E-state index is -0.116. The molecule has 2 aromatic rings. The van der Waals surface area contributed by atoms with Crippen molar-refractivity contribution < 1.29 is 9.18 Å². The van der Waals surface area contributed by atoms with Crippen LogP contribution in [-0.4, -0.2) is 76.5 Å². The van der Waals surface area contributed by atoms with Crippen LogP contribution in [0.25, 0.3) is 0 Å². The smallest absolute Gasteiger partial charge is 0.271 e. The number of hydrogen-bond donors (Lipinski definition) is 1. The minimum absolute atomic E-state index is 0.109. The van der Waals surface area contributed by atoms with Gasteiger partial charge in [-0.1, -0.05) is 19.1 Å². The molecular formula is C28H39FN6O. The monoisotopic (exact) mass is 494 g/mol. The quantitative estimate of drug-likeness (QED) is 0.634. The van der Waals surface area contributed by atoms with Crippen molar-refractivity contribution in [1.82, 2.24) is 25.1 Å². The zero-order valence-electron chi connectivity index (χ0n) is 21.8. The molecule has 3 aliphatic rings. The lowest BCUT2D eigenvalue weighted by Crippen LogP contribution is -2.58. The Labute approximate surface area is 214 Å². The van der Waals surface area contributed by atoms with Crippen molar-refractivity contribution >= 4 is 11.7 Å². The van der Waals surface area contributed by atoms with E-state index in [2.05, 4.69) is 36.9 Å². The van der Waals surface area contributed by atoms with E-state index in [1.807, 2.05) is 26.0 Å². The molecule has 2 saturated heterocycles. The van der Waals surface area contributed by atoms with Crippen LogP contribution in [-0.2, 0) is 6.54 Å². The highest BCUT2D eigenvalue weighted by atomic mass is 19.1. The number of rotatable bonds is 7. The second-order valence-corrected chi connectivity index (χ2v) is 10.7. The third kappa shape index (κ3) is 5.70. The summed E-state index contributed by atoms with van der Waals surface area (Å²) in [7, 11) is 0. The summed E-state index contributed by atoms with van der Waals surface area (Å²) in [6.07, 6.45) is 7.13. The van der Waals surface area contributed by atoms with E-state index in [1.165, 1.54) is 0 Å². The first kappa shape index (κ1) is 25.1. The van der Waals surface area contributed by atoms with Crippen molar-refractivity contribution in [2.45, 2.75) is 77.5 Å². The van der Waals surface area contributed by atoms with Crippen LogP contribution >= 0.6 is 0 Å². The van der Waals surface area contributed by atoms with E-state index in [1.54, 1.807) is 12.3 Å². The van der Waals surface area contributed by atoms with Crippen molar-refractivity contribution in [1.29, 1.82) is 0 Å². The highest BCUT2D eigenvalue weighted by Crippen LogP contribution is 2.27. The number of aromatic nitrogens is 2. The number of piperazine rings is 1. The first-order valence-electron chi connectivity index (χ1n) is 13.5. The van der Waals surface area contributed by atoms with Crippen LogP contribution in [0.2, 0.25) is 0 Å². The van der Waals surface area contributed by atoms with Crippen molar-refractivity contribution in [3.05, 3.63) is 52.7 Å². The molecule has 2 aliphatic heterocycles. The van der Waals surface area contributed by atoms with E-state index in [0.717, 1.165) is 88.4 Å². The Morgan fingerprint density at radius 1 is 1.11 bits per heavy atom. The number of piperidine rings is 1. The van der Waals surface area contributed by atoms with Crippen molar-refractivity contribution in [2.24, 2.45) is 0 Å². The third-order valence-electron chi connectivity index (χ3n) is 8.03. The van der Waals surface area contributed by atoms with Crippen molar-refractivity contribution in [2.75, 3.05) is 37.6 Å². The Morgan fingerprint density at radius 3 is 2.56 bits per heavy atom. The van der Waals surface area contributed by atoms with Crippen molar-refractivity contribution in [3.63, 3.8) is 0 Å². The van der Waals surface area contributed by atoms with E-state index in [-0.39, 0.29) is 11.7 Å². The Balaban J connectivity index is 1.16. The fourth-order valence-corrected chi connectivity index (χ4v) is 5.69. The highest BCUT2D eigenvalue weighted by molar-refractivity contribution is 5.92. The average molecular weight is 495 g/mol. The first-order valence-corrected chi connectivity index (χ1v) is 13.5. The molecular weight excluding hydrogens is 455 g/mol. The number of hydrogen-bond acceptors (Lipinski definition) is 6. The van der Waals surface area contributed by atoms with Gasteiger partial charge in [-0.25, -0.2) is 14.4 Å². The predicted octanol–water partition coefficient (Wildman–Crippen LogP) is 3.69. The van der Waals surface area contributed by atoms with Gasteiger partial charge < -0.3 is 10.2 Å². The third-order valence-corrected chi connectivity index (χ3v) is 8.03. The zero-order chi connectivity index (χ0) is 25.2. The van der Waals surface area contributed by atoms with Crippen LogP contribution in [0.15, 0.2) is 24.4 Å². The molecule has 1 N–H and O–H groups in total. The molecule has 3 heterocycles. The maximum Gasteiger partial charge on any atom is 0.271 e. The lowest BCUT2D eigenvalue weighted by atomic mass is 9.97. The van der Waals surface area contributed by atoms with Crippen LogP contribution in [0.5, 0.6) is 0 Å². The number of nitrogens with one attached hydrogen (secondary N) is 1. The normalized spacial score (nSPS) is 22.1. The fraction of sp³-hybridized carbons (Fsp3) is 0.607. The number of carbonyl (C=O) groups excluding carboxylic acids is 1. The molecule has 3 fully saturated rings. The number of benzene rings is 1. The predicted molar refractivity (Wildman–Crippen MR) is 140 cm³/mol. The number of carbonyl (C=O) groups is 1. The maximum atomic E-state index is 13.9. The number of aryl methyl sites for hydroxylation is 2. The van der Waals surface area contributed by atoms with Gasteiger partial charge in [0.1, 0.15) is 17.3 Å². The lowest BCUT2D eigenvalue weighted by Gasteiger charge is -2.47. The number of nitrogens with zero attached hydrogens (tertiary/aromatic N) is 5. The number of anilines is 1. The molecule has 0 bridgehead atoms. The Kier molecular flexibility index (Phi) is 7.53. The average Bonchev–Trinajstić information content (AvgIpc) is 3.70. The van der Waals surface area contributed by atoms with Gasteiger partial charge in [0.25, 0.3) is 5.91 Å². The molecule has 0 spiro atoms. The summed E-state index contributed by atoms with van der Waals surface area (Å²) in [5.41, 5.74) is 3.00. The first-order chi connectivity index (χ1) is 17.4. The van der Waals surface area contributed by atoms with Gasteiger partial charge in [0, 0.05) is 44.3 Å². The molecule has 7 nitrogen and oxygen atoms in total. The Bertz CT molecular complexity index is 1080. The SMILES string of the molecule is CC[C@H]1CN(c2ncc(C(=O)NC3CC3)nc2C)CCN1C1CCN(Cc2ccc(C)c(F)c2)CC1. The Morgan fingerprint density at radius 2 is 1.89 bits per heavy atom. The van der Waals surface area contributed by atoms with Gasteiger partial charge in [0.15, 0.2) is 0 Å². The zero-order valence-corrected chi connectivity index (χ0v) is 21.8. The highest BCUT2D eigenvalue weighted by Gasteiger charge is 2.34. The molecule has 8 heteroatoms. The summed E-state index contributed by atoms with van der Waals surface area (Å²) >= 11 is 0. The van der Waals surface area contributed by atoms with Crippen molar-refractivity contribution in [3.8, 4) is 0 Å². The molecule has 194 valence electrons. The molecule has 1 aliphatic carbocycles. The molecule has 1 aromatic heterocycles. The van der Waals surface area contributed by atoms with Gasteiger partial charge in [-0.05, 0) is 76.2 Å². The summed E-state index contributed by atoms with van der Waals surface area (Å²) in [6, 6.07) is 6.99. The molecule has 5 rings (SSSR count). The standard InChI is InChI=1S/C28H39FN6O/c1-4-23-18-34(27-20(3)31-26(16-30-27)28(36)32-22-7-8-22)13-14-35(23)24-9-11-33(12-10-24)17-21-6-5-19(2)25(29)15-21/h5-6,15-16,22-24H,4,7-14,17-18H2,1-3H3,(H,32,36)/t23-/m0/s1. The summed E-state index contributed by atoms with van der Waals surface area (Å²) < 4.78 is 13.9. The van der Waals surface area contributed by atoms with Gasteiger partial charge >= 0.3 is 0 Å². The molecule has 36 heavy (non-hydrogen) atoms. The van der Waals surface area contributed by atoms with Crippen LogP contribution < -0.4 is 10.2 Å². The lowest BCUT2D eigenvalue weighted by molar-refractivity contribution is 0.0610. The second kappa shape index (κ2) is 10.8. The number of halogens is 1. The van der Waals surface area contributed by atoms with Crippen LogP contribution in [0, 0.1) is 19.7 Å².